The number of hydrogen-bond donors (Lipinski definition) is 2. The molecular weight excluding hydrogens is 438 g/mol. The minimum Gasteiger partial charge on any atom is -0.368 e. The zero-order valence-corrected chi connectivity index (χ0v) is 19.2. The van der Waals surface area contributed by atoms with Crippen LogP contribution >= 0.6 is 11.8 Å². The quantitative estimate of drug-likeness (QED) is 0.389. The van der Waals surface area contributed by atoms with E-state index in [-0.39, 0.29) is 29.6 Å². The summed E-state index contributed by atoms with van der Waals surface area (Å²) in [6.45, 7) is 1.69. The number of anilines is 2. The smallest absolute Gasteiger partial charge is 0.295 e. The van der Waals surface area contributed by atoms with Crippen molar-refractivity contribution in [2.24, 2.45) is 7.05 Å². The van der Waals surface area contributed by atoms with E-state index in [2.05, 4.69) is 27.6 Å². The van der Waals surface area contributed by atoms with Gasteiger partial charge in [-0.1, -0.05) is 60.3 Å². The number of carbonyl (C=O) groups excluding carboxylic acids is 1. The molecule has 3 N–H and O–H groups in total. The molecule has 0 spiro atoms. The molecule has 0 aliphatic carbocycles. The first kappa shape index (κ1) is 22.4. The number of aromatic nitrogens is 5. The van der Waals surface area contributed by atoms with Gasteiger partial charge < -0.3 is 11.1 Å². The summed E-state index contributed by atoms with van der Waals surface area (Å²) < 4.78 is 4.78. The zero-order valence-electron chi connectivity index (χ0n) is 18.4. The Labute approximate surface area is 195 Å². The number of nitrogens with zero attached hydrogens (tertiary/aromatic N) is 5. The number of nitrogens with two attached hydrogens (primary N) is 1. The average molecular weight is 464 g/mol. The fourth-order valence-electron chi connectivity index (χ4n) is 3.50. The predicted octanol–water partition coefficient (Wildman–Crippen LogP) is 2.63. The Kier molecular flexibility index (Phi) is 6.64. The average Bonchev–Trinajstić information content (AvgIpc) is 3.26. The summed E-state index contributed by atoms with van der Waals surface area (Å²) >= 11 is 1.48. The van der Waals surface area contributed by atoms with Gasteiger partial charge in [0.25, 0.3) is 5.56 Å². The van der Waals surface area contributed by atoms with Crippen LogP contribution in [-0.2, 0) is 24.8 Å². The first-order valence-electron chi connectivity index (χ1n) is 10.4. The maximum absolute atomic E-state index is 13.0. The van der Waals surface area contributed by atoms with Gasteiger partial charge in [-0.2, -0.15) is 0 Å². The second-order valence-corrected chi connectivity index (χ2v) is 8.56. The van der Waals surface area contributed by atoms with Gasteiger partial charge in [0.15, 0.2) is 5.16 Å². The van der Waals surface area contributed by atoms with Crippen molar-refractivity contribution in [3.8, 4) is 5.69 Å². The van der Waals surface area contributed by atoms with Crippen molar-refractivity contribution in [2.45, 2.75) is 25.0 Å². The number of amides is 1. The van der Waals surface area contributed by atoms with Crippen molar-refractivity contribution in [3.63, 3.8) is 0 Å². The first-order valence-corrected chi connectivity index (χ1v) is 11.4. The summed E-state index contributed by atoms with van der Waals surface area (Å²) in [7, 11) is 1.78. The summed E-state index contributed by atoms with van der Waals surface area (Å²) in [6, 6.07) is 19.4. The largest absolute Gasteiger partial charge is 0.368 e. The molecule has 4 rings (SSSR count). The molecule has 2 aromatic carbocycles. The van der Waals surface area contributed by atoms with E-state index in [0.29, 0.717) is 16.5 Å². The fourth-order valence-corrected chi connectivity index (χ4v) is 4.43. The third-order valence-electron chi connectivity index (χ3n) is 5.33. The summed E-state index contributed by atoms with van der Waals surface area (Å²) in [5, 5.41) is 11.3. The van der Waals surface area contributed by atoms with Gasteiger partial charge in [-0.25, -0.2) is 4.68 Å². The fraction of sp³-hybridized carbons (Fsp3) is 0.217. The third kappa shape index (κ3) is 4.85. The molecule has 0 saturated carbocycles. The lowest BCUT2D eigenvalue weighted by Gasteiger charge is -2.08. The van der Waals surface area contributed by atoms with Crippen LogP contribution < -0.4 is 16.6 Å². The monoisotopic (exact) mass is 463 g/mol. The van der Waals surface area contributed by atoms with E-state index in [4.69, 9.17) is 5.73 Å². The molecular formula is C23H25N7O2S. The highest BCUT2D eigenvalue weighted by Gasteiger charge is 2.20. The Morgan fingerprint density at radius 1 is 1.06 bits per heavy atom. The molecule has 33 heavy (non-hydrogen) atoms. The van der Waals surface area contributed by atoms with Crippen molar-refractivity contribution < 1.29 is 4.79 Å². The van der Waals surface area contributed by atoms with Gasteiger partial charge in [0, 0.05) is 12.8 Å². The first-order chi connectivity index (χ1) is 16.0. The minimum atomic E-state index is -0.377. The van der Waals surface area contributed by atoms with Crippen LogP contribution in [0.25, 0.3) is 5.69 Å². The van der Waals surface area contributed by atoms with Crippen LogP contribution in [0.15, 0.2) is 70.6 Å². The molecule has 4 aromatic rings. The molecule has 1 amide bonds. The molecule has 0 saturated heterocycles. The highest BCUT2D eigenvalue weighted by Crippen LogP contribution is 2.20. The number of hydrogen-bond acceptors (Lipinski definition) is 6. The normalized spacial score (nSPS) is 11.0. The molecule has 2 aromatic heterocycles. The Balaban J connectivity index is 1.47. The van der Waals surface area contributed by atoms with Gasteiger partial charge in [0.2, 0.25) is 11.9 Å². The number of thioether (sulfide) groups is 1. The van der Waals surface area contributed by atoms with E-state index in [1.165, 1.54) is 22.0 Å². The number of carbonyl (C=O) groups is 1. The minimum absolute atomic E-state index is 0.0917. The molecule has 0 radical (unpaired) electrons. The van der Waals surface area contributed by atoms with Crippen LogP contribution in [0.4, 0.5) is 11.6 Å². The van der Waals surface area contributed by atoms with Crippen LogP contribution in [0.2, 0.25) is 0 Å². The molecule has 0 fully saturated rings. The lowest BCUT2D eigenvalue weighted by atomic mass is 10.2. The van der Waals surface area contributed by atoms with Crippen molar-refractivity contribution in [1.29, 1.82) is 0 Å². The Hall–Kier alpha value is -3.79. The van der Waals surface area contributed by atoms with Crippen LogP contribution in [-0.4, -0.2) is 35.8 Å². The second-order valence-electron chi connectivity index (χ2n) is 7.50. The Morgan fingerprint density at radius 3 is 2.42 bits per heavy atom. The SMILES string of the molecule is Cc1c(NC(=O)Cn2c(N)nnc2SCCc2ccccc2)c(=O)n(-c2ccccc2)n1C. The molecule has 9 nitrogen and oxygen atoms in total. The number of aryl methyl sites for hydroxylation is 1. The highest BCUT2D eigenvalue weighted by molar-refractivity contribution is 7.99. The van der Waals surface area contributed by atoms with Crippen molar-refractivity contribution in [1.82, 2.24) is 24.1 Å². The van der Waals surface area contributed by atoms with Crippen LogP contribution in [0.1, 0.15) is 11.3 Å². The van der Waals surface area contributed by atoms with Crippen LogP contribution in [0, 0.1) is 6.92 Å². The number of rotatable bonds is 8. The Morgan fingerprint density at radius 2 is 1.73 bits per heavy atom. The molecule has 0 bridgehead atoms. The summed E-state index contributed by atoms with van der Waals surface area (Å²) in [5.41, 5.74) is 8.47. The molecule has 10 heteroatoms. The van der Waals surface area contributed by atoms with Crippen LogP contribution in [0.5, 0.6) is 0 Å². The van der Waals surface area contributed by atoms with E-state index in [9.17, 15) is 9.59 Å². The lowest BCUT2D eigenvalue weighted by Crippen LogP contribution is -2.25. The summed E-state index contributed by atoms with van der Waals surface area (Å²) in [5.74, 6) is 0.542. The summed E-state index contributed by atoms with van der Waals surface area (Å²) in [4.78, 5) is 25.9. The number of nitrogens with one attached hydrogen (secondary N) is 1. The number of nitrogen functional groups attached to an aromatic ring is 1. The van der Waals surface area contributed by atoms with Gasteiger partial charge in [-0.05, 0) is 31.0 Å². The van der Waals surface area contributed by atoms with E-state index >= 15 is 0 Å². The van der Waals surface area contributed by atoms with Gasteiger partial charge >= 0.3 is 0 Å². The topological polar surface area (TPSA) is 113 Å². The molecule has 2 heterocycles. The standard InChI is InChI=1S/C23H25N7O2S/c1-16-20(21(32)30(28(16)2)18-11-7-4-8-12-18)25-19(31)15-29-22(24)26-27-23(29)33-14-13-17-9-5-3-6-10-17/h3-12H,13-15H2,1-2H3,(H2,24,26)(H,25,31). The predicted molar refractivity (Wildman–Crippen MR) is 130 cm³/mol. The lowest BCUT2D eigenvalue weighted by molar-refractivity contribution is -0.116. The van der Waals surface area contributed by atoms with E-state index in [1.54, 1.807) is 23.2 Å². The number of para-hydroxylation sites is 1. The van der Waals surface area contributed by atoms with E-state index in [1.807, 2.05) is 48.5 Å². The molecule has 0 aliphatic heterocycles. The van der Waals surface area contributed by atoms with E-state index in [0.717, 1.165) is 12.2 Å². The van der Waals surface area contributed by atoms with Crippen molar-refractivity contribution >= 4 is 29.3 Å². The molecule has 0 atom stereocenters. The van der Waals surface area contributed by atoms with Crippen molar-refractivity contribution in [2.75, 3.05) is 16.8 Å². The maximum atomic E-state index is 13.0. The van der Waals surface area contributed by atoms with Gasteiger partial charge in [0.05, 0.1) is 11.4 Å². The second kappa shape index (κ2) is 9.78. The zero-order chi connectivity index (χ0) is 23.4. The molecule has 0 unspecified atom stereocenters. The van der Waals surface area contributed by atoms with Gasteiger partial charge in [0.1, 0.15) is 12.2 Å². The van der Waals surface area contributed by atoms with Crippen LogP contribution in [0.3, 0.4) is 0 Å². The molecule has 170 valence electrons. The molecule has 0 aliphatic rings. The maximum Gasteiger partial charge on any atom is 0.295 e. The van der Waals surface area contributed by atoms with Gasteiger partial charge in [-0.3, -0.25) is 18.8 Å². The van der Waals surface area contributed by atoms with Crippen molar-refractivity contribution in [3.05, 3.63) is 82.3 Å². The number of benzene rings is 2. The van der Waals surface area contributed by atoms with Gasteiger partial charge in [-0.15, -0.1) is 10.2 Å². The summed E-state index contributed by atoms with van der Waals surface area (Å²) in [6.07, 6.45) is 0.854. The Bertz CT molecular complexity index is 1310. The third-order valence-corrected chi connectivity index (χ3v) is 6.30. The van der Waals surface area contributed by atoms with E-state index < -0.39 is 0 Å². The highest BCUT2D eigenvalue weighted by atomic mass is 32.2.